The summed E-state index contributed by atoms with van der Waals surface area (Å²) in [4.78, 5) is 13.2. The molecule has 0 saturated carbocycles. The number of nitrogens with zero attached hydrogens (tertiary/aromatic N) is 1. The number of hydrogen-bond acceptors (Lipinski definition) is 4. The maximum atomic E-state index is 12.5. The summed E-state index contributed by atoms with van der Waals surface area (Å²) in [6.45, 7) is 0. The van der Waals surface area contributed by atoms with Crippen LogP contribution in [0.2, 0.25) is 5.02 Å². The number of amides is 1. The zero-order chi connectivity index (χ0) is 24.3. The topological polar surface area (TPSA) is 50.8 Å². The molecule has 0 saturated heterocycles. The van der Waals surface area contributed by atoms with Crippen LogP contribution in [-0.4, -0.2) is 40.4 Å². The van der Waals surface area contributed by atoms with E-state index >= 15 is 0 Å². The Labute approximate surface area is 194 Å². The molecule has 3 aromatic carbocycles. The van der Waals surface area contributed by atoms with Crippen molar-refractivity contribution < 1.29 is 27.4 Å². The summed E-state index contributed by atoms with van der Waals surface area (Å²) in [6.07, 6.45) is -5.01. The van der Waals surface area contributed by atoms with Crippen LogP contribution in [0.1, 0.15) is 0 Å². The lowest BCUT2D eigenvalue weighted by Gasteiger charge is -2.17. The molecule has 0 spiro atoms. The summed E-state index contributed by atoms with van der Waals surface area (Å²) in [6, 6.07) is 15.8. The number of methoxy groups -OCH3 is 2. The van der Waals surface area contributed by atoms with Gasteiger partial charge in [-0.3, -0.25) is 4.79 Å². The first-order chi connectivity index (χ1) is 15.5. The van der Waals surface area contributed by atoms with Gasteiger partial charge in [-0.25, -0.2) is 0 Å². The highest BCUT2D eigenvalue weighted by molar-refractivity contribution is 6.34. The lowest BCUT2D eigenvalue weighted by Crippen LogP contribution is -2.30. The molecule has 1 amide bonds. The first-order valence-electron chi connectivity index (χ1n) is 9.77. The molecule has 0 unspecified atom stereocenters. The van der Waals surface area contributed by atoms with E-state index in [4.69, 9.17) is 21.1 Å². The fraction of sp³-hybridized carbons (Fsp3) is 0.208. The molecular weight excluding hydrogens is 457 g/mol. The maximum absolute atomic E-state index is 12.5. The van der Waals surface area contributed by atoms with Gasteiger partial charge in [0.2, 0.25) is 0 Å². The molecule has 0 heterocycles. The van der Waals surface area contributed by atoms with E-state index in [1.165, 1.54) is 19.2 Å². The molecule has 0 aliphatic rings. The Morgan fingerprint density at radius 2 is 1.39 bits per heavy atom. The number of rotatable bonds is 6. The van der Waals surface area contributed by atoms with Crippen LogP contribution in [0.4, 0.5) is 24.5 Å². The lowest BCUT2D eigenvalue weighted by atomic mass is 9.97. The van der Waals surface area contributed by atoms with E-state index in [1.54, 1.807) is 24.6 Å². The van der Waals surface area contributed by atoms with Gasteiger partial charge in [-0.15, -0.1) is 0 Å². The van der Waals surface area contributed by atoms with Gasteiger partial charge in [0, 0.05) is 30.9 Å². The molecule has 0 aliphatic heterocycles. The Kier molecular flexibility index (Phi) is 7.07. The van der Waals surface area contributed by atoms with Gasteiger partial charge in [-0.05, 0) is 47.5 Å². The van der Waals surface area contributed by atoms with Gasteiger partial charge in [-0.2, -0.15) is 13.2 Å². The van der Waals surface area contributed by atoms with Gasteiger partial charge in [0.15, 0.2) is 0 Å². The molecule has 3 rings (SSSR count). The smallest absolute Gasteiger partial charge is 0.471 e. The predicted molar refractivity (Wildman–Crippen MR) is 124 cm³/mol. The third kappa shape index (κ3) is 5.34. The van der Waals surface area contributed by atoms with Crippen LogP contribution in [0.3, 0.4) is 0 Å². The maximum Gasteiger partial charge on any atom is 0.471 e. The van der Waals surface area contributed by atoms with Crippen LogP contribution in [0.5, 0.6) is 11.5 Å². The minimum atomic E-state index is -5.01. The number of benzene rings is 3. The standard InChI is InChI=1S/C24H22ClF3N2O3/c1-30(2)16-8-5-14(6-9-16)17-12-22(33-4)18(13-21(17)32-3)15-7-10-20(19(25)11-15)29-23(31)24(26,27)28/h5-13H,1-4H3,(H,29,31). The van der Waals surface area contributed by atoms with E-state index in [1.807, 2.05) is 49.3 Å². The number of anilines is 2. The van der Waals surface area contributed by atoms with E-state index in [9.17, 15) is 18.0 Å². The van der Waals surface area contributed by atoms with Gasteiger partial charge in [0.05, 0.1) is 24.9 Å². The number of nitrogens with one attached hydrogen (secondary N) is 1. The van der Waals surface area contributed by atoms with Gasteiger partial charge < -0.3 is 19.7 Å². The molecule has 0 radical (unpaired) electrons. The molecule has 0 aromatic heterocycles. The Morgan fingerprint density at radius 3 is 1.85 bits per heavy atom. The lowest BCUT2D eigenvalue weighted by molar-refractivity contribution is -0.167. The van der Waals surface area contributed by atoms with Crippen molar-refractivity contribution in [3.05, 3.63) is 59.6 Å². The first-order valence-corrected chi connectivity index (χ1v) is 10.1. The van der Waals surface area contributed by atoms with E-state index in [-0.39, 0.29) is 10.7 Å². The molecule has 0 fully saturated rings. The summed E-state index contributed by atoms with van der Waals surface area (Å²) in [5.41, 5.74) is 3.84. The first kappa shape index (κ1) is 24.3. The van der Waals surface area contributed by atoms with Crippen molar-refractivity contribution in [2.75, 3.05) is 38.5 Å². The third-order valence-corrected chi connectivity index (χ3v) is 5.31. The molecular formula is C24H22ClF3N2O3. The highest BCUT2D eigenvalue weighted by Crippen LogP contribution is 2.42. The second-order valence-electron chi connectivity index (χ2n) is 7.34. The summed E-state index contributed by atoms with van der Waals surface area (Å²) >= 11 is 6.15. The van der Waals surface area contributed by atoms with Crippen molar-refractivity contribution in [3.63, 3.8) is 0 Å². The van der Waals surface area contributed by atoms with Crippen LogP contribution < -0.4 is 19.7 Å². The second kappa shape index (κ2) is 9.62. The minimum absolute atomic E-state index is 0.0468. The third-order valence-electron chi connectivity index (χ3n) is 5.00. The Morgan fingerprint density at radius 1 is 0.879 bits per heavy atom. The van der Waals surface area contributed by atoms with Crippen molar-refractivity contribution in [2.45, 2.75) is 6.18 Å². The van der Waals surface area contributed by atoms with Gasteiger partial charge >= 0.3 is 12.1 Å². The minimum Gasteiger partial charge on any atom is -0.496 e. The summed E-state index contributed by atoms with van der Waals surface area (Å²) < 4.78 is 48.8. The number of ether oxygens (including phenoxy) is 2. The molecule has 174 valence electrons. The van der Waals surface area contributed by atoms with E-state index in [0.717, 1.165) is 16.8 Å². The van der Waals surface area contributed by atoms with Crippen molar-refractivity contribution >= 4 is 28.9 Å². The van der Waals surface area contributed by atoms with Crippen LogP contribution in [-0.2, 0) is 4.79 Å². The van der Waals surface area contributed by atoms with Crippen LogP contribution in [0.15, 0.2) is 54.6 Å². The zero-order valence-electron chi connectivity index (χ0n) is 18.4. The van der Waals surface area contributed by atoms with Crippen molar-refractivity contribution in [1.29, 1.82) is 0 Å². The number of carbonyl (C=O) groups excluding carboxylic acids is 1. The van der Waals surface area contributed by atoms with Crippen LogP contribution in [0, 0.1) is 0 Å². The highest BCUT2D eigenvalue weighted by Gasteiger charge is 2.39. The number of halogens is 4. The van der Waals surface area contributed by atoms with E-state index in [0.29, 0.717) is 22.6 Å². The van der Waals surface area contributed by atoms with Gasteiger partial charge in [0.25, 0.3) is 0 Å². The molecule has 9 heteroatoms. The van der Waals surface area contributed by atoms with Crippen LogP contribution >= 0.6 is 11.6 Å². The predicted octanol–water partition coefficient (Wildman–Crippen LogP) is 6.26. The molecule has 5 nitrogen and oxygen atoms in total. The molecule has 1 N–H and O–H groups in total. The average molecular weight is 479 g/mol. The summed E-state index contributed by atoms with van der Waals surface area (Å²) in [5.74, 6) is -0.999. The van der Waals surface area contributed by atoms with Gasteiger partial charge in [0.1, 0.15) is 11.5 Å². The summed E-state index contributed by atoms with van der Waals surface area (Å²) in [7, 11) is 6.98. The highest BCUT2D eigenvalue weighted by atomic mass is 35.5. The SMILES string of the molecule is COc1cc(-c2ccc(NC(=O)C(F)(F)F)c(Cl)c2)c(OC)cc1-c1ccc(N(C)C)cc1. The molecule has 3 aromatic rings. The molecule has 0 bridgehead atoms. The Balaban J connectivity index is 2.02. The largest absolute Gasteiger partial charge is 0.496 e. The number of hydrogen-bond donors (Lipinski definition) is 1. The molecule has 0 atom stereocenters. The quantitative estimate of drug-likeness (QED) is 0.454. The number of alkyl halides is 3. The van der Waals surface area contributed by atoms with Gasteiger partial charge in [-0.1, -0.05) is 29.8 Å². The number of carbonyl (C=O) groups is 1. The van der Waals surface area contributed by atoms with E-state index in [2.05, 4.69) is 0 Å². The summed E-state index contributed by atoms with van der Waals surface area (Å²) in [5, 5.41) is 1.72. The molecule has 0 aliphatic carbocycles. The fourth-order valence-corrected chi connectivity index (χ4v) is 3.49. The fourth-order valence-electron chi connectivity index (χ4n) is 3.27. The zero-order valence-corrected chi connectivity index (χ0v) is 19.1. The average Bonchev–Trinajstić information content (AvgIpc) is 2.78. The van der Waals surface area contributed by atoms with Crippen LogP contribution in [0.25, 0.3) is 22.3 Å². The Bertz CT molecular complexity index is 1160. The molecule has 33 heavy (non-hydrogen) atoms. The normalized spacial score (nSPS) is 11.2. The monoisotopic (exact) mass is 478 g/mol. The van der Waals surface area contributed by atoms with Crippen molar-refractivity contribution in [3.8, 4) is 33.8 Å². The van der Waals surface area contributed by atoms with Crippen molar-refractivity contribution in [2.24, 2.45) is 0 Å². The second-order valence-corrected chi connectivity index (χ2v) is 7.75. The van der Waals surface area contributed by atoms with Crippen molar-refractivity contribution in [1.82, 2.24) is 0 Å². The van der Waals surface area contributed by atoms with E-state index < -0.39 is 12.1 Å². The Hall–Kier alpha value is -3.39.